The molecule has 0 fully saturated rings. The number of benzene rings is 2. The number of carbonyl (C=O) groups is 1. The third-order valence-electron chi connectivity index (χ3n) is 5.79. The van der Waals surface area contributed by atoms with E-state index in [1.54, 1.807) is 13.3 Å². The minimum Gasteiger partial charge on any atom is -0.496 e. The molecule has 4 heteroatoms. The third-order valence-corrected chi connectivity index (χ3v) is 5.79. The first-order chi connectivity index (χ1) is 13.7. The molecule has 4 nitrogen and oxygen atoms in total. The highest BCUT2D eigenvalue weighted by Crippen LogP contribution is 2.37. The van der Waals surface area contributed by atoms with Crippen LogP contribution in [-0.4, -0.2) is 36.5 Å². The van der Waals surface area contributed by atoms with Crippen molar-refractivity contribution >= 4 is 16.7 Å². The van der Waals surface area contributed by atoms with Crippen molar-refractivity contribution in [3.05, 3.63) is 71.5 Å². The molecule has 0 aliphatic heterocycles. The van der Waals surface area contributed by atoms with Gasteiger partial charge in [0.25, 0.3) is 0 Å². The maximum Gasteiger partial charge on any atom is 0.226 e. The highest BCUT2D eigenvalue weighted by molar-refractivity contribution is 5.84. The zero-order valence-corrected chi connectivity index (χ0v) is 16.5. The van der Waals surface area contributed by atoms with Crippen LogP contribution in [0.1, 0.15) is 35.4 Å². The Morgan fingerprint density at radius 3 is 2.96 bits per heavy atom. The van der Waals surface area contributed by atoms with E-state index in [4.69, 9.17) is 4.74 Å². The molecule has 0 saturated carbocycles. The number of methoxy groups -OCH3 is 1. The number of nitrogens with zero attached hydrogens (tertiary/aromatic N) is 2. The van der Waals surface area contributed by atoms with Gasteiger partial charge in [0.05, 0.1) is 13.5 Å². The molecule has 4 rings (SSSR count). The van der Waals surface area contributed by atoms with Crippen LogP contribution in [0.4, 0.5) is 0 Å². The average Bonchev–Trinajstić information content (AvgIpc) is 2.73. The fourth-order valence-electron chi connectivity index (χ4n) is 4.28. The SMILES string of the molecule is COc1cccc2c1CCC[C@H]2CN(C)C(=O)Cc1ccc2ccncc2c1. The van der Waals surface area contributed by atoms with Gasteiger partial charge in [-0.25, -0.2) is 0 Å². The summed E-state index contributed by atoms with van der Waals surface area (Å²) in [5.74, 6) is 1.49. The number of carbonyl (C=O) groups excluding carboxylic acids is 1. The Hall–Kier alpha value is -2.88. The van der Waals surface area contributed by atoms with Crippen molar-refractivity contribution in [1.29, 1.82) is 0 Å². The van der Waals surface area contributed by atoms with Crippen molar-refractivity contribution < 1.29 is 9.53 Å². The van der Waals surface area contributed by atoms with E-state index in [1.165, 1.54) is 11.1 Å². The Labute approximate surface area is 166 Å². The van der Waals surface area contributed by atoms with Crippen molar-refractivity contribution in [2.45, 2.75) is 31.6 Å². The highest BCUT2D eigenvalue weighted by atomic mass is 16.5. The smallest absolute Gasteiger partial charge is 0.226 e. The number of ether oxygens (including phenoxy) is 1. The molecule has 1 heterocycles. The number of rotatable bonds is 5. The Balaban J connectivity index is 1.46. The van der Waals surface area contributed by atoms with Crippen LogP contribution in [0.5, 0.6) is 5.75 Å². The lowest BCUT2D eigenvalue weighted by Gasteiger charge is -2.30. The van der Waals surface area contributed by atoms with E-state index >= 15 is 0 Å². The summed E-state index contributed by atoms with van der Waals surface area (Å²) in [4.78, 5) is 18.9. The second-order valence-corrected chi connectivity index (χ2v) is 7.63. The molecule has 144 valence electrons. The lowest BCUT2D eigenvalue weighted by molar-refractivity contribution is -0.129. The van der Waals surface area contributed by atoms with Crippen molar-refractivity contribution in [2.24, 2.45) is 0 Å². The van der Waals surface area contributed by atoms with Crippen molar-refractivity contribution in [1.82, 2.24) is 9.88 Å². The standard InChI is InChI=1S/C24H26N2O2/c1-26(16-19-5-3-7-22-21(19)6-4-8-23(22)28-2)24(27)14-17-9-10-18-11-12-25-15-20(18)13-17/h4,6,8-13,15,19H,3,5,7,14,16H2,1-2H3/t19-/m0/s1. The zero-order valence-electron chi connectivity index (χ0n) is 16.5. The molecule has 0 spiro atoms. The second kappa shape index (κ2) is 8.01. The van der Waals surface area contributed by atoms with Crippen molar-refractivity contribution in [3.63, 3.8) is 0 Å². The first-order valence-corrected chi connectivity index (χ1v) is 9.88. The minimum atomic E-state index is 0.151. The predicted octanol–water partition coefficient (Wildman–Crippen LogP) is 4.36. The average molecular weight is 374 g/mol. The second-order valence-electron chi connectivity index (χ2n) is 7.63. The molecule has 1 atom stereocenters. The normalized spacial score (nSPS) is 15.9. The molecule has 1 aliphatic rings. The van der Waals surface area contributed by atoms with Gasteiger partial charge in [-0.2, -0.15) is 0 Å². The summed E-state index contributed by atoms with van der Waals surface area (Å²) in [6.45, 7) is 0.744. The van der Waals surface area contributed by atoms with E-state index in [0.29, 0.717) is 12.3 Å². The van der Waals surface area contributed by atoms with Crippen molar-refractivity contribution in [2.75, 3.05) is 20.7 Å². The molecule has 2 aromatic carbocycles. The van der Waals surface area contributed by atoms with Gasteiger partial charge in [-0.05, 0) is 59.5 Å². The number of fused-ring (bicyclic) bond motifs is 2. The molecule has 0 bridgehead atoms. The Kier molecular flexibility index (Phi) is 5.29. The highest BCUT2D eigenvalue weighted by Gasteiger charge is 2.25. The molecular weight excluding hydrogens is 348 g/mol. The Morgan fingerprint density at radius 2 is 2.11 bits per heavy atom. The lowest BCUT2D eigenvalue weighted by atomic mass is 9.82. The van der Waals surface area contributed by atoms with Crippen LogP contribution < -0.4 is 4.74 Å². The largest absolute Gasteiger partial charge is 0.496 e. The summed E-state index contributed by atoms with van der Waals surface area (Å²) in [6.07, 6.45) is 7.35. The Bertz CT molecular complexity index is 999. The van der Waals surface area contributed by atoms with Crippen LogP contribution >= 0.6 is 0 Å². The van der Waals surface area contributed by atoms with Gasteiger partial charge in [0.2, 0.25) is 5.91 Å². The van der Waals surface area contributed by atoms with E-state index < -0.39 is 0 Å². The van der Waals surface area contributed by atoms with Crippen LogP contribution in [0.25, 0.3) is 10.8 Å². The molecule has 3 aromatic rings. The molecule has 1 aliphatic carbocycles. The number of aromatic nitrogens is 1. The monoisotopic (exact) mass is 374 g/mol. The van der Waals surface area contributed by atoms with E-state index in [0.717, 1.165) is 47.9 Å². The van der Waals surface area contributed by atoms with E-state index in [9.17, 15) is 4.79 Å². The Morgan fingerprint density at radius 1 is 1.21 bits per heavy atom. The van der Waals surface area contributed by atoms with E-state index in [1.807, 2.05) is 36.3 Å². The third kappa shape index (κ3) is 3.72. The first kappa shape index (κ1) is 18.5. The van der Waals surface area contributed by atoms with E-state index in [2.05, 4.69) is 29.2 Å². The predicted molar refractivity (Wildman–Crippen MR) is 112 cm³/mol. The topological polar surface area (TPSA) is 42.4 Å². The van der Waals surface area contributed by atoms with Gasteiger partial charge in [-0.3, -0.25) is 9.78 Å². The van der Waals surface area contributed by atoms with Crippen LogP contribution in [0, 0.1) is 0 Å². The molecule has 0 N–H and O–H groups in total. The molecule has 0 saturated heterocycles. The fraction of sp³-hybridized carbons (Fsp3) is 0.333. The maximum atomic E-state index is 12.8. The van der Waals surface area contributed by atoms with E-state index in [-0.39, 0.29) is 5.91 Å². The van der Waals surface area contributed by atoms with Gasteiger partial charge in [-0.15, -0.1) is 0 Å². The number of likely N-dealkylation sites (N-methyl/N-ethyl adjacent to an activating group) is 1. The lowest BCUT2D eigenvalue weighted by Crippen LogP contribution is -2.33. The summed E-state index contributed by atoms with van der Waals surface area (Å²) in [6, 6.07) is 14.4. The van der Waals surface area contributed by atoms with Crippen molar-refractivity contribution in [3.8, 4) is 5.75 Å². The van der Waals surface area contributed by atoms with Crippen LogP contribution in [0.15, 0.2) is 54.9 Å². The van der Waals surface area contributed by atoms with Crippen LogP contribution in [-0.2, 0) is 17.6 Å². The fourth-order valence-corrected chi connectivity index (χ4v) is 4.28. The van der Waals surface area contributed by atoms with Gasteiger partial charge >= 0.3 is 0 Å². The van der Waals surface area contributed by atoms with Gasteiger partial charge in [0.15, 0.2) is 0 Å². The number of pyridine rings is 1. The number of hydrogen-bond donors (Lipinski definition) is 0. The number of amides is 1. The molecule has 0 radical (unpaired) electrons. The van der Waals surface area contributed by atoms with Gasteiger partial charge in [0, 0.05) is 37.3 Å². The minimum absolute atomic E-state index is 0.151. The van der Waals surface area contributed by atoms with Gasteiger partial charge in [0.1, 0.15) is 5.75 Å². The first-order valence-electron chi connectivity index (χ1n) is 9.88. The summed E-state index contributed by atoms with van der Waals surface area (Å²) >= 11 is 0. The summed E-state index contributed by atoms with van der Waals surface area (Å²) in [5, 5.41) is 2.22. The molecule has 28 heavy (non-hydrogen) atoms. The molecule has 1 amide bonds. The van der Waals surface area contributed by atoms with Gasteiger partial charge in [-0.1, -0.05) is 24.3 Å². The molecule has 0 unspecified atom stereocenters. The summed E-state index contributed by atoms with van der Waals surface area (Å²) in [7, 11) is 3.65. The summed E-state index contributed by atoms with van der Waals surface area (Å²) in [5.41, 5.74) is 3.68. The van der Waals surface area contributed by atoms with Gasteiger partial charge < -0.3 is 9.64 Å². The van der Waals surface area contributed by atoms with Crippen LogP contribution in [0.2, 0.25) is 0 Å². The molecular formula is C24H26N2O2. The number of hydrogen-bond acceptors (Lipinski definition) is 3. The zero-order chi connectivity index (χ0) is 19.5. The maximum absolute atomic E-state index is 12.8. The van der Waals surface area contributed by atoms with Crippen LogP contribution in [0.3, 0.4) is 0 Å². The summed E-state index contributed by atoms with van der Waals surface area (Å²) < 4.78 is 5.54. The molecule has 1 aromatic heterocycles. The quantitative estimate of drug-likeness (QED) is 0.666.